The van der Waals surface area contributed by atoms with Crippen LogP contribution in [0.1, 0.15) is 10.5 Å². The first kappa shape index (κ1) is 16.6. The van der Waals surface area contributed by atoms with E-state index >= 15 is 0 Å². The molecule has 138 valence electrons. The second kappa shape index (κ2) is 6.55. The van der Waals surface area contributed by atoms with Crippen LogP contribution in [-0.2, 0) is 0 Å². The Morgan fingerprint density at radius 1 is 1.15 bits per heavy atom. The van der Waals surface area contributed by atoms with Crippen LogP contribution in [0, 0.1) is 11.8 Å². The average molecular weight is 383 g/mol. The van der Waals surface area contributed by atoms with E-state index in [4.69, 9.17) is 16.0 Å². The number of amides is 1. The number of nitrogens with zero attached hydrogens (tertiary/aromatic N) is 3. The van der Waals surface area contributed by atoms with Crippen LogP contribution >= 0.6 is 11.6 Å². The minimum Gasteiger partial charge on any atom is -0.463 e. The first-order valence-corrected chi connectivity index (χ1v) is 9.47. The number of likely N-dealkylation sites (tertiary alicyclic amines) is 1. The Morgan fingerprint density at radius 3 is 2.56 bits per heavy atom. The van der Waals surface area contributed by atoms with E-state index in [1.165, 1.54) is 0 Å². The third-order valence-electron chi connectivity index (χ3n) is 5.45. The maximum atomic E-state index is 13.1. The Hall–Kier alpha value is -2.57. The van der Waals surface area contributed by atoms with Crippen molar-refractivity contribution in [3.63, 3.8) is 0 Å². The largest absolute Gasteiger partial charge is 0.463 e. The number of halogens is 1. The van der Waals surface area contributed by atoms with E-state index in [1.54, 1.807) is 23.1 Å². The van der Waals surface area contributed by atoms with Gasteiger partial charge in [-0.25, -0.2) is 4.68 Å². The second-order valence-corrected chi connectivity index (χ2v) is 7.61. The molecule has 0 radical (unpaired) electrons. The number of furan rings is 1. The van der Waals surface area contributed by atoms with Gasteiger partial charge in [0.1, 0.15) is 5.69 Å². The van der Waals surface area contributed by atoms with Crippen molar-refractivity contribution in [3.05, 3.63) is 59.4 Å². The van der Waals surface area contributed by atoms with Gasteiger partial charge < -0.3 is 14.6 Å². The van der Waals surface area contributed by atoms with Gasteiger partial charge in [-0.15, -0.1) is 0 Å². The second-order valence-electron chi connectivity index (χ2n) is 7.17. The highest BCUT2D eigenvalue weighted by Crippen LogP contribution is 2.29. The maximum Gasteiger partial charge on any atom is 0.274 e. The summed E-state index contributed by atoms with van der Waals surface area (Å²) in [5, 5.41) is 8.66. The molecule has 2 aliphatic heterocycles. The van der Waals surface area contributed by atoms with E-state index in [1.807, 2.05) is 35.2 Å². The van der Waals surface area contributed by atoms with Crippen LogP contribution in [-0.4, -0.2) is 46.8 Å². The third kappa shape index (κ3) is 2.95. The fourth-order valence-electron chi connectivity index (χ4n) is 4.05. The van der Waals surface area contributed by atoms with Gasteiger partial charge in [-0.2, -0.15) is 5.10 Å². The quantitative estimate of drug-likeness (QED) is 0.756. The highest BCUT2D eigenvalue weighted by molar-refractivity contribution is 6.30. The first-order chi connectivity index (χ1) is 13.2. The molecule has 3 aromatic rings. The molecule has 27 heavy (non-hydrogen) atoms. The van der Waals surface area contributed by atoms with Crippen LogP contribution in [0.3, 0.4) is 0 Å². The van der Waals surface area contributed by atoms with Crippen molar-refractivity contribution in [3.8, 4) is 17.1 Å². The minimum absolute atomic E-state index is 0.0232. The molecule has 0 unspecified atom stereocenters. The van der Waals surface area contributed by atoms with Crippen molar-refractivity contribution in [1.29, 1.82) is 0 Å². The first-order valence-electron chi connectivity index (χ1n) is 9.09. The molecule has 0 spiro atoms. The monoisotopic (exact) mass is 382 g/mol. The molecule has 5 rings (SSSR count). The summed E-state index contributed by atoms with van der Waals surface area (Å²) in [7, 11) is 0. The summed E-state index contributed by atoms with van der Waals surface area (Å²) in [6, 6.07) is 12.9. The summed E-state index contributed by atoms with van der Waals surface area (Å²) >= 11 is 6.01. The number of hydrogen-bond donors (Lipinski definition) is 1. The van der Waals surface area contributed by atoms with E-state index in [0.29, 0.717) is 28.3 Å². The normalized spacial score (nSPS) is 21.6. The summed E-state index contributed by atoms with van der Waals surface area (Å²) < 4.78 is 7.30. The molecule has 2 atom stereocenters. The van der Waals surface area contributed by atoms with Crippen molar-refractivity contribution >= 4 is 17.5 Å². The minimum atomic E-state index is -0.0232. The summed E-state index contributed by atoms with van der Waals surface area (Å²) in [5.41, 5.74) is 2.00. The molecule has 1 aromatic carbocycles. The lowest BCUT2D eigenvalue weighted by Crippen LogP contribution is -2.32. The molecular weight excluding hydrogens is 364 g/mol. The summed E-state index contributed by atoms with van der Waals surface area (Å²) in [4.78, 5) is 15.0. The fourth-order valence-corrected chi connectivity index (χ4v) is 4.17. The van der Waals surface area contributed by atoms with Crippen molar-refractivity contribution in [2.75, 3.05) is 26.2 Å². The van der Waals surface area contributed by atoms with E-state index in [-0.39, 0.29) is 5.91 Å². The zero-order valence-electron chi connectivity index (χ0n) is 14.6. The number of hydrogen-bond acceptors (Lipinski definition) is 4. The van der Waals surface area contributed by atoms with E-state index in [9.17, 15) is 4.79 Å². The fraction of sp³-hybridized carbons (Fsp3) is 0.300. The summed E-state index contributed by atoms with van der Waals surface area (Å²) in [5.74, 6) is 1.75. The van der Waals surface area contributed by atoms with Crippen molar-refractivity contribution in [1.82, 2.24) is 20.0 Å². The topological polar surface area (TPSA) is 63.3 Å². The predicted molar refractivity (Wildman–Crippen MR) is 102 cm³/mol. The molecule has 7 heteroatoms. The molecule has 0 bridgehead atoms. The molecule has 4 heterocycles. The van der Waals surface area contributed by atoms with Gasteiger partial charge in [-0.05, 0) is 48.2 Å². The van der Waals surface area contributed by atoms with Gasteiger partial charge in [0, 0.05) is 37.3 Å². The Bertz CT molecular complexity index is 953. The highest BCUT2D eigenvalue weighted by Gasteiger charge is 2.39. The van der Waals surface area contributed by atoms with Gasteiger partial charge in [0.2, 0.25) is 0 Å². The lowest BCUT2D eigenvalue weighted by molar-refractivity contribution is 0.0775. The summed E-state index contributed by atoms with van der Waals surface area (Å²) in [6.07, 6.45) is 1.62. The SMILES string of the molecule is O=C(c1cc(-c2ccco2)n(-c2ccc(Cl)cc2)n1)N1C[C@H]2CNC[C@H]2C1. The number of carbonyl (C=O) groups is 1. The number of rotatable bonds is 3. The smallest absolute Gasteiger partial charge is 0.274 e. The van der Waals surface area contributed by atoms with E-state index in [2.05, 4.69) is 10.4 Å². The van der Waals surface area contributed by atoms with Crippen molar-refractivity contribution in [2.45, 2.75) is 0 Å². The van der Waals surface area contributed by atoms with Crippen molar-refractivity contribution in [2.24, 2.45) is 11.8 Å². The molecule has 2 aliphatic rings. The number of fused-ring (bicyclic) bond motifs is 1. The van der Waals surface area contributed by atoms with Gasteiger partial charge in [0.15, 0.2) is 11.5 Å². The van der Waals surface area contributed by atoms with Crippen LogP contribution in [0.2, 0.25) is 5.02 Å². The standard InChI is InChI=1S/C20H19ClN4O2/c21-15-3-5-16(6-4-15)25-18(19-2-1-7-27-19)8-17(23-25)20(26)24-11-13-9-22-10-14(13)12-24/h1-8,13-14,22H,9-12H2/t13-,14+. The van der Waals surface area contributed by atoms with Crippen LogP contribution in [0.25, 0.3) is 17.1 Å². The zero-order chi connectivity index (χ0) is 18.4. The van der Waals surface area contributed by atoms with Crippen molar-refractivity contribution < 1.29 is 9.21 Å². The van der Waals surface area contributed by atoms with E-state index < -0.39 is 0 Å². The van der Waals surface area contributed by atoms with Crippen LogP contribution in [0.5, 0.6) is 0 Å². The zero-order valence-corrected chi connectivity index (χ0v) is 15.4. The Kier molecular flexibility index (Phi) is 4.02. The molecule has 2 fully saturated rings. The Labute approximate surface area is 161 Å². The van der Waals surface area contributed by atoms with Gasteiger partial charge in [0.05, 0.1) is 12.0 Å². The van der Waals surface area contributed by atoms with E-state index in [0.717, 1.165) is 37.6 Å². The summed E-state index contributed by atoms with van der Waals surface area (Å²) in [6.45, 7) is 3.57. The number of nitrogens with one attached hydrogen (secondary N) is 1. The molecule has 2 aromatic heterocycles. The Morgan fingerprint density at radius 2 is 1.89 bits per heavy atom. The lowest BCUT2D eigenvalue weighted by Gasteiger charge is -2.15. The van der Waals surface area contributed by atoms with Gasteiger partial charge in [-0.1, -0.05) is 11.6 Å². The maximum absolute atomic E-state index is 13.1. The Balaban J connectivity index is 1.51. The highest BCUT2D eigenvalue weighted by atomic mass is 35.5. The predicted octanol–water partition coefficient (Wildman–Crippen LogP) is 3.08. The number of carbonyl (C=O) groups excluding carboxylic acids is 1. The van der Waals surface area contributed by atoms with Gasteiger partial charge in [-0.3, -0.25) is 4.79 Å². The molecule has 1 N–H and O–H groups in total. The molecule has 0 saturated carbocycles. The lowest BCUT2D eigenvalue weighted by atomic mass is 10.0. The molecule has 2 saturated heterocycles. The molecule has 1 amide bonds. The number of aromatic nitrogens is 2. The average Bonchev–Trinajstić information content (AvgIpc) is 3.43. The third-order valence-corrected chi connectivity index (χ3v) is 5.70. The van der Waals surface area contributed by atoms with Gasteiger partial charge in [0.25, 0.3) is 5.91 Å². The van der Waals surface area contributed by atoms with Crippen LogP contribution < -0.4 is 5.32 Å². The van der Waals surface area contributed by atoms with Crippen LogP contribution in [0.4, 0.5) is 0 Å². The molecule has 6 nitrogen and oxygen atoms in total. The molecule has 0 aliphatic carbocycles. The van der Waals surface area contributed by atoms with Gasteiger partial charge >= 0.3 is 0 Å². The van der Waals surface area contributed by atoms with Crippen LogP contribution in [0.15, 0.2) is 53.1 Å². The number of benzene rings is 1. The molecular formula is C20H19ClN4O2.